The quantitative estimate of drug-likeness (QED) is 0.423. The van der Waals surface area contributed by atoms with Gasteiger partial charge in [0.05, 0.1) is 23.6 Å². The second kappa shape index (κ2) is 8.36. The van der Waals surface area contributed by atoms with Gasteiger partial charge in [-0.05, 0) is 38.3 Å². The van der Waals surface area contributed by atoms with Crippen molar-refractivity contribution in [2.75, 3.05) is 5.32 Å². The second-order valence-electron chi connectivity index (χ2n) is 9.46. The van der Waals surface area contributed by atoms with Crippen LogP contribution in [0.2, 0.25) is 0 Å². The van der Waals surface area contributed by atoms with Gasteiger partial charge >= 0.3 is 6.18 Å². The molecule has 5 heterocycles. The van der Waals surface area contributed by atoms with Crippen molar-refractivity contribution in [1.29, 1.82) is 0 Å². The molecule has 2 aliphatic rings. The average molecular weight is 518 g/mol. The molecule has 4 aromatic rings. The Morgan fingerprint density at radius 1 is 1.19 bits per heavy atom. The molecule has 1 saturated carbocycles. The number of nitrogens with zero attached hydrogens (tertiary/aromatic N) is 8. The van der Waals surface area contributed by atoms with Gasteiger partial charge in [-0.15, -0.1) is 10.2 Å². The van der Waals surface area contributed by atoms with Crippen molar-refractivity contribution in [1.82, 2.24) is 39.1 Å². The van der Waals surface area contributed by atoms with E-state index in [1.165, 1.54) is 0 Å². The predicted molar refractivity (Wildman–Crippen MR) is 132 cm³/mol. The Bertz CT molecular complexity index is 1430. The lowest BCUT2D eigenvalue weighted by Crippen LogP contribution is -2.50. The van der Waals surface area contributed by atoms with Crippen LogP contribution in [-0.4, -0.2) is 45.3 Å². The Morgan fingerprint density at radius 3 is 2.61 bits per heavy atom. The molecule has 0 bridgehead atoms. The van der Waals surface area contributed by atoms with Crippen LogP contribution in [0, 0.1) is 6.92 Å². The lowest BCUT2D eigenvalue weighted by molar-refractivity contribution is -0.216. The molecule has 0 aromatic carbocycles. The van der Waals surface area contributed by atoms with E-state index < -0.39 is 11.6 Å². The number of hydrogen-bond donors (Lipinski definition) is 1. The minimum absolute atomic E-state index is 0. The Balaban J connectivity index is 0.00000267. The Hall–Kier alpha value is -3.35. The van der Waals surface area contributed by atoms with Gasteiger partial charge in [0.2, 0.25) is 5.95 Å². The summed E-state index contributed by atoms with van der Waals surface area (Å²) in [5.41, 5.74) is 1.28. The van der Waals surface area contributed by atoms with Crippen LogP contribution in [0.3, 0.4) is 0 Å². The smallest absolute Gasteiger partial charge is 0.342 e. The molecule has 0 saturated heterocycles. The SMILES string of the molecule is Cc1cnc(Nc2ccnn2C)nc1-c1cc2n(c1)C[C@H](C)n1c-2nnc1C1(C(F)(F)F)CCC1.S. The van der Waals surface area contributed by atoms with E-state index in [9.17, 15) is 13.2 Å². The van der Waals surface area contributed by atoms with Crippen molar-refractivity contribution in [2.24, 2.45) is 7.05 Å². The Morgan fingerprint density at radius 2 is 1.97 bits per heavy atom. The van der Waals surface area contributed by atoms with Crippen LogP contribution >= 0.6 is 13.5 Å². The first-order valence-corrected chi connectivity index (χ1v) is 11.5. The molecule has 0 spiro atoms. The van der Waals surface area contributed by atoms with Crippen molar-refractivity contribution < 1.29 is 13.2 Å². The van der Waals surface area contributed by atoms with E-state index >= 15 is 0 Å². The van der Waals surface area contributed by atoms with E-state index in [1.54, 1.807) is 21.6 Å². The molecule has 1 aliphatic heterocycles. The van der Waals surface area contributed by atoms with Crippen LogP contribution in [0.15, 0.2) is 30.7 Å². The van der Waals surface area contributed by atoms with Gasteiger partial charge in [-0.3, -0.25) is 4.68 Å². The van der Waals surface area contributed by atoms with Crippen LogP contribution in [0.4, 0.5) is 24.9 Å². The van der Waals surface area contributed by atoms with Gasteiger partial charge in [0.1, 0.15) is 17.1 Å². The molecule has 1 atom stereocenters. The first kappa shape index (κ1) is 24.3. The van der Waals surface area contributed by atoms with Gasteiger partial charge in [-0.1, -0.05) is 6.42 Å². The molecule has 1 fully saturated rings. The third-order valence-electron chi connectivity index (χ3n) is 7.21. The highest BCUT2D eigenvalue weighted by Crippen LogP contribution is 2.55. The largest absolute Gasteiger partial charge is 0.401 e. The number of aromatic nitrogens is 8. The predicted octanol–water partition coefficient (Wildman–Crippen LogP) is 4.66. The highest BCUT2D eigenvalue weighted by atomic mass is 32.1. The molecule has 190 valence electrons. The molecule has 9 nitrogen and oxygen atoms in total. The third kappa shape index (κ3) is 3.51. The van der Waals surface area contributed by atoms with Crippen LogP contribution < -0.4 is 5.32 Å². The number of rotatable bonds is 4. The lowest BCUT2D eigenvalue weighted by Gasteiger charge is -2.43. The number of fused-ring (bicyclic) bond motifs is 3. The average Bonchev–Trinajstić information content (AvgIpc) is 3.47. The molecule has 1 N–H and O–H groups in total. The highest BCUT2D eigenvalue weighted by Gasteiger charge is 2.62. The van der Waals surface area contributed by atoms with E-state index in [0.717, 1.165) is 28.3 Å². The second-order valence-corrected chi connectivity index (χ2v) is 9.46. The van der Waals surface area contributed by atoms with E-state index in [-0.39, 0.29) is 38.2 Å². The van der Waals surface area contributed by atoms with E-state index in [4.69, 9.17) is 4.98 Å². The maximum atomic E-state index is 14.1. The molecule has 0 amide bonds. The first-order valence-electron chi connectivity index (χ1n) is 11.5. The molecule has 1 aliphatic carbocycles. The number of nitrogens with one attached hydrogen (secondary N) is 1. The van der Waals surface area contributed by atoms with Gasteiger partial charge in [-0.2, -0.15) is 31.8 Å². The number of anilines is 2. The third-order valence-corrected chi connectivity index (χ3v) is 7.21. The molecule has 4 aromatic heterocycles. The topological polar surface area (TPSA) is 91.3 Å². The molecular weight excluding hydrogens is 491 g/mol. The zero-order valence-corrected chi connectivity index (χ0v) is 21.0. The number of halogens is 3. The van der Waals surface area contributed by atoms with Gasteiger partial charge < -0.3 is 14.5 Å². The van der Waals surface area contributed by atoms with Crippen LogP contribution in [0.1, 0.15) is 43.6 Å². The summed E-state index contributed by atoms with van der Waals surface area (Å²) in [6.45, 7) is 4.35. The van der Waals surface area contributed by atoms with E-state index in [0.29, 0.717) is 24.7 Å². The molecule has 13 heteroatoms. The van der Waals surface area contributed by atoms with E-state index in [2.05, 4.69) is 25.6 Å². The number of hydrogen-bond acceptors (Lipinski definition) is 6. The van der Waals surface area contributed by atoms with Crippen molar-refractivity contribution in [3.05, 3.63) is 42.1 Å². The fourth-order valence-electron chi connectivity index (χ4n) is 5.12. The zero-order chi connectivity index (χ0) is 24.5. The Labute approximate surface area is 212 Å². The maximum Gasteiger partial charge on any atom is 0.401 e. The zero-order valence-electron chi connectivity index (χ0n) is 20.0. The lowest BCUT2D eigenvalue weighted by atomic mass is 9.67. The minimum atomic E-state index is -4.35. The summed E-state index contributed by atoms with van der Waals surface area (Å²) in [7, 11) is 1.82. The Kier molecular flexibility index (Phi) is 5.65. The van der Waals surface area contributed by atoms with Crippen LogP contribution in [0.5, 0.6) is 0 Å². The summed E-state index contributed by atoms with van der Waals surface area (Å²) >= 11 is 0. The summed E-state index contributed by atoms with van der Waals surface area (Å²) < 4.78 is 47.6. The van der Waals surface area contributed by atoms with Gasteiger partial charge in [-0.25, -0.2) is 9.97 Å². The number of alkyl halides is 3. The van der Waals surface area contributed by atoms with Gasteiger partial charge in [0.25, 0.3) is 0 Å². The van der Waals surface area contributed by atoms with Gasteiger partial charge in [0.15, 0.2) is 5.82 Å². The molecule has 0 radical (unpaired) electrons. The normalized spacial score (nSPS) is 18.1. The standard InChI is InChI=1S/C23H24F3N9.H2S/c1-13-10-27-21(29-17-5-8-28-33(17)3)30-18(13)15-9-16-19-31-32-20(22(6-4-7-22)23(24,25)26)35(19)14(2)11-34(16)12-15;/h5,8-10,12,14H,4,6-7,11H2,1-3H3,(H,27,29,30);1H2/t14-;/m0./s1. The highest BCUT2D eigenvalue weighted by molar-refractivity contribution is 7.59. The summed E-state index contributed by atoms with van der Waals surface area (Å²) in [4.78, 5) is 9.08. The van der Waals surface area contributed by atoms with E-state index in [1.807, 2.05) is 43.8 Å². The van der Waals surface area contributed by atoms with Crippen LogP contribution in [0.25, 0.3) is 22.8 Å². The van der Waals surface area contributed by atoms with Crippen LogP contribution in [-0.2, 0) is 19.0 Å². The maximum absolute atomic E-state index is 14.1. The summed E-state index contributed by atoms with van der Waals surface area (Å²) in [5, 5.41) is 15.7. The molecule has 36 heavy (non-hydrogen) atoms. The first-order chi connectivity index (χ1) is 16.7. The van der Waals surface area contributed by atoms with Crippen molar-refractivity contribution in [2.45, 2.75) is 57.3 Å². The molecule has 0 unspecified atom stereocenters. The summed E-state index contributed by atoms with van der Waals surface area (Å²) in [6.07, 6.45) is 1.69. The van der Waals surface area contributed by atoms with Crippen molar-refractivity contribution in [3.63, 3.8) is 0 Å². The molecular formula is C23H26F3N9S. The van der Waals surface area contributed by atoms with Crippen molar-refractivity contribution in [3.8, 4) is 22.8 Å². The minimum Gasteiger partial charge on any atom is -0.342 e. The van der Waals surface area contributed by atoms with Gasteiger partial charge in [0, 0.05) is 37.6 Å². The number of aryl methyl sites for hydroxylation is 2. The summed E-state index contributed by atoms with van der Waals surface area (Å²) in [5.74, 6) is 1.67. The summed E-state index contributed by atoms with van der Waals surface area (Å²) in [6, 6.07) is 3.53. The molecule has 6 rings (SSSR count). The fraction of sp³-hybridized carbons (Fsp3) is 0.435. The van der Waals surface area contributed by atoms with Crippen molar-refractivity contribution >= 4 is 25.3 Å². The fourth-order valence-corrected chi connectivity index (χ4v) is 5.12. The monoisotopic (exact) mass is 517 g/mol.